The Balaban J connectivity index is 2.13. The van der Waals surface area contributed by atoms with E-state index in [0.717, 1.165) is 5.56 Å². The predicted molar refractivity (Wildman–Crippen MR) is 86.7 cm³/mol. The maximum absolute atomic E-state index is 12.9. The summed E-state index contributed by atoms with van der Waals surface area (Å²) in [5, 5.41) is 7.18. The number of rotatable bonds is 5. The number of amides is 1. The van der Waals surface area contributed by atoms with Crippen molar-refractivity contribution in [2.24, 2.45) is 0 Å². The maximum atomic E-state index is 12.9. The molecule has 0 saturated heterocycles. The maximum Gasteiger partial charge on any atom is 0.425 e. The highest BCUT2D eigenvalue weighted by Gasteiger charge is 2.34. The van der Waals surface area contributed by atoms with Crippen LogP contribution in [0.5, 0.6) is 0 Å². The van der Waals surface area contributed by atoms with E-state index in [-0.39, 0.29) is 18.0 Å². The van der Waals surface area contributed by atoms with Crippen molar-refractivity contribution in [2.45, 2.75) is 33.0 Å². The van der Waals surface area contributed by atoms with E-state index in [2.05, 4.69) is 10.6 Å². The molecule has 7 heteroatoms. The molecule has 1 heterocycles. The van der Waals surface area contributed by atoms with Crippen molar-refractivity contribution in [2.75, 3.05) is 10.6 Å². The summed E-state index contributed by atoms with van der Waals surface area (Å²) in [7, 11) is 0. The van der Waals surface area contributed by atoms with Crippen LogP contribution in [0.15, 0.2) is 29.6 Å². The molecule has 0 fully saturated rings. The quantitative estimate of drug-likeness (QED) is 0.799. The fourth-order valence-electron chi connectivity index (χ4n) is 2.05. The highest BCUT2D eigenvalue weighted by Crippen LogP contribution is 2.36. The number of thiophene rings is 1. The highest BCUT2D eigenvalue weighted by molar-refractivity contribution is 7.10. The number of halogens is 3. The molecule has 1 amide bonds. The Hall–Kier alpha value is -2.02. The Morgan fingerprint density at radius 1 is 1.26 bits per heavy atom. The molecule has 3 nitrogen and oxygen atoms in total. The molecular weight excluding hydrogens is 325 g/mol. The fourth-order valence-corrected chi connectivity index (χ4v) is 2.85. The van der Waals surface area contributed by atoms with Crippen molar-refractivity contribution in [3.8, 4) is 0 Å². The van der Waals surface area contributed by atoms with Gasteiger partial charge in [0.15, 0.2) is 0 Å². The number of aryl methyl sites for hydroxylation is 1. The molecule has 1 aromatic heterocycles. The molecular formula is C16H17F3N2OS. The number of benzene rings is 1. The van der Waals surface area contributed by atoms with Crippen molar-refractivity contribution in [3.63, 3.8) is 0 Å². The second-order valence-electron chi connectivity index (χ2n) is 5.06. The summed E-state index contributed by atoms with van der Waals surface area (Å²) in [4.78, 5) is 10.8. The van der Waals surface area contributed by atoms with Gasteiger partial charge in [-0.05, 0) is 41.6 Å². The van der Waals surface area contributed by atoms with Gasteiger partial charge in [-0.2, -0.15) is 13.2 Å². The first-order valence-electron chi connectivity index (χ1n) is 7.09. The van der Waals surface area contributed by atoms with E-state index in [1.807, 2.05) is 13.0 Å². The number of alkyl halides is 3. The second kappa shape index (κ2) is 7.04. The van der Waals surface area contributed by atoms with E-state index < -0.39 is 11.1 Å². The molecule has 23 heavy (non-hydrogen) atoms. The summed E-state index contributed by atoms with van der Waals surface area (Å²) in [5.74, 6) is -0.114. The van der Waals surface area contributed by atoms with Gasteiger partial charge in [-0.3, -0.25) is 4.79 Å². The molecule has 124 valence electrons. The molecule has 1 aromatic carbocycles. The molecule has 0 radical (unpaired) electrons. The van der Waals surface area contributed by atoms with Gasteiger partial charge in [0.05, 0.1) is 0 Å². The third kappa shape index (κ3) is 4.48. The summed E-state index contributed by atoms with van der Waals surface area (Å²) < 4.78 is 38.6. The molecule has 2 N–H and O–H groups in total. The van der Waals surface area contributed by atoms with Gasteiger partial charge in [-0.15, -0.1) is 11.3 Å². The van der Waals surface area contributed by atoms with Gasteiger partial charge in [0, 0.05) is 24.3 Å². The smallest absolute Gasteiger partial charge is 0.381 e. The third-order valence-corrected chi connectivity index (χ3v) is 4.32. The average molecular weight is 342 g/mol. The fraction of sp³-hybridized carbons (Fsp3) is 0.312. The van der Waals surface area contributed by atoms with Crippen LogP contribution in [-0.4, -0.2) is 5.91 Å². The SMILES string of the molecule is CCC(=O)Nc1ccc(C)c(NCc2ccsc2C(F)(F)F)c1. The van der Waals surface area contributed by atoms with Gasteiger partial charge in [-0.1, -0.05) is 13.0 Å². The molecule has 0 aliphatic carbocycles. The first kappa shape index (κ1) is 17.3. The Morgan fingerprint density at radius 3 is 2.65 bits per heavy atom. The van der Waals surface area contributed by atoms with Gasteiger partial charge < -0.3 is 10.6 Å². The summed E-state index contributed by atoms with van der Waals surface area (Å²) in [6.45, 7) is 3.67. The monoisotopic (exact) mass is 342 g/mol. The minimum atomic E-state index is -4.34. The third-order valence-electron chi connectivity index (χ3n) is 3.32. The van der Waals surface area contributed by atoms with Crippen LogP contribution < -0.4 is 10.6 Å². The van der Waals surface area contributed by atoms with Gasteiger partial charge in [-0.25, -0.2) is 0 Å². The van der Waals surface area contributed by atoms with Crippen molar-refractivity contribution in [3.05, 3.63) is 45.6 Å². The molecule has 0 unspecified atom stereocenters. The lowest BCUT2D eigenvalue weighted by atomic mass is 10.1. The molecule has 0 atom stereocenters. The Kier molecular flexibility index (Phi) is 5.30. The Bertz CT molecular complexity index is 695. The zero-order chi connectivity index (χ0) is 17.0. The van der Waals surface area contributed by atoms with Crippen LogP contribution in [-0.2, 0) is 17.5 Å². The van der Waals surface area contributed by atoms with Crippen LogP contribution in [0.4, 0.5) is 24.5 Å². The molecule has 0 bridgehead atoms. The molecule has 0 aliphatic heterocycles. The van der Waals surface area contributed by atoms with E-state index in [4.69, 9.17) is 0 Å². The molecule has 2 aromatic rings. The van der Waals surface area contributed by atoms with Crippen molar-refractivity contribution >= 4 is 28.6 Å². The molecule has 0 saturated carbocycles. The highest BCUT2D eigenvalue weighted by atomic mass is 32.1. The Labute approximate surface area is 136 Å². The number of nitrogens with one attached hydrogen (secondary N) is 2. The van der Waals surface area contributed by atoms with E-state index in [1.165, 1.54) is 11.4 Å². The van der Waals surface area contributed by atoms with Gasteiger partial charge in [0.25, 0.3) is 0 Å². The minimum absolute atomic E-state index is 0.0738. The second-order valence-corrected chi connectivity index (χ2v) is 5.97. The van der Waals surface area contributed by atoms with Crippen LogP contribution in [0.3, 0.4) is 0 Å². The lowest BCUT2D eigenvalue weighted by molar-refractivity contribution is -0.134. The van der Waals surface area contributed by atoms with Gasteiger partial charge in [0.1, 0.15) is 4.88 Å². The van der Waals surface area contributed by atoms with Crippen molar-refractivity contribution in [1.29, 1.82) is 0 Å². The number of carbonyl (C=O) groups is 1. The van der Waals surface area contributed by atoms with Crippen LogP contribution in [0.25, 0.3) is 0 Å². The lowest BCUT2D eigenvalue weighted by Gasteiger charge is -2.13. The standard InChI is InChI=1S/C16H17F3N2OS/c1-3-14(22)21-12-5-4-10(2)13(8-12)20-9-11-6-7-23-15(11)16(17,18)19/h4-8,20H,3,9H2,1-2H3,(H,21,22). The largest absolute Gasteiger partial charge is 0.425 e. The van der Waals surface area contributed by atoms with E-state index in [1.54, 1.807) is 19.1 Å². The number of hydrogen-bond acceptors (Lipinski definition) is 3. The molecule has 2 rings (SSSR count). The zero-order valence-electron chi connectivity index (χ0n) is 12.8. The molecule has 0 spiro atoms. The Morgan fingerprint density at radius 2 is 2.00 bits per heavy atom. The van der Waals surface area contributed by atoms with Crippen LogP contribution >= 0.6 is 11.3 Å². The summed E-state index contributed by atoms with van der Waals surface area (Å²) in [6, 6.07) is 6.77. The van der Waals surface area contributed by atoms with Crippen molar-refractivity contribution in [1.82, 2.24) is 0 Å². The first-order valence-corrected chi connectivity index (χ1v) is 7.97. The van der Waals surface area contributed by atoms with E-state index >= 15 is 0 Å². The van der Waals surface area contributed by atoms with Crippen LogP contribution in [0.2, 0.25) is 0 Å². The lowest BCUT2D eigenvalue weighted by Crippen LogP contribution is -2.11. The summed E-state index contributed by atoms with van der Waals surface area (Å²) in [6.07, 6.45) is -3.97. The first-order chi connectivity index (χ1) is 10.8. The number of hydrogen-bond donors (Lipinski definition) is 2. The average Bonchev–Trinajstić information content (AvgIpc) is 2.96. The van der Waals surface area contributed by atoms with E-state index in [0.29, 0.717) is 29.1 Å². The summed E-state index contributed by atoms with van der Waals surface area (Å²) in [5.41, 5.74) is 2.41. The zero-order valence-corrected chi connectivity index (χ0v) is 13.6. The minimum Gasteiger partial charge on any atom is -0.381 e. The van der Waals surface area contributed by atoms with Crippen molar-refractivity contribution < 1.29 is 18.0 Å². The number of carbonyl (C=O) groups excluding carboxylic acids is 1. The molecule has 0 aliphatic rings. The number of anilines is 2. The van der Waals surface area contributed by atoms with Crippen LogP contribution in [0.1, 0.15) is 29.3 Å². The predicted octanol–water partition coefficient (Wildman–Crippen LogP) is 5.04. The van der Waals surface area contributed by atoms with E-state index in [9.17, 15) is 18.0 Å². The van der Waals surface area contributed by atoms with Gasteiger partial charge >= 0.3 is 6.18 Å². The normalized spacial score (nSPS) is 11.3. The topological polar surface area (TPSA) is 41.1 Å². The van der Waals surface area contributed by atoms with Crippen LogP contribution in [0, 0.1) is 6.92 Å². The van der Waals surface area contributed by atoms with Gasteiger partial charge in [0.2, 0.25) is 5.91 Å². The summed E-state index contributed by atoms with van der Waals surface area (Å²) >= 11 is 0.688.